The van der Waals surface area contributed by atoms with Crippen LogP contribution >= 0.6 is 22.9 Å². The number of benzene rings is 1. The standard InChI is InChI=1S/C18H15ClN2O3S/c19-14-3-5-16(6-4-14)23-8-9-24-17(22)10-15-12-25-18(21-15)13-2-1-7-20-11-13/h1-7,11-12H,8-10H2. The molecule has 128 valence electrons. The van der Waals surface area contributed by atoms with E-state index in [4.69, 9.17) is 21.1 Å². The predicted molar refractivity (Wildman–Crippen MR) is 97.0 cm³/mol. The van der Waals surface area contributed by atoms with Crippen LogP contribution in [0.3, 0.4) is 0 Å². The number of hydrogen-bond acceptors (Lipinski definition) is 6. The van der Waals surface area contributed by atoms with E-state index in [-0.39, 0.29) is 25.6 Å². The van der Waals surface area contributed by atoms with Crippen LogP contribution in [0.5, 0.6) is 5.75 Å². The molecule has 3 rings (SSSR count). The van der Waals surface area contributed by atoms with Gasteiger partial charge in [0, 0.05) is 28.4 Å². The Morgan fingerprint density at radius 3 is 2.76 bits per heavy atom. The molecule has 2 heterocycles. The Bertz CT molecular complexity index is 822. The topological polar surface area (TPSA) is 61.3 Å². The van der Waals surface area contributed by atoms with Gasteiger partial charge in [-0.3, -0.25) is 9.78 Å². The number of nitrogens with zero attached hydrogens (tertiary/aromatic N) is 2. The van der Waals surface area contributed by atoms with Gasteiger partial charge in [0.2, 0.25) is 0 Å². The first-order valence-electron chi connectivity index (χ1n) is 7.59. The molecule has 3 aromatic rings. The van der Waals surface area contributed by atoms with E-state index in [0.29, 0.717) is 16.5 Å². The zero-order valence-corrected chi connectivity index (χ0v) is 14.8. The zero-order valence-electron chi connectivity index (χ0n) is 13.2. The Morgan fingerprint density at radius 2 is 2.00 bits per heavy atom. The molecule has 0 amide bonds. The molecule has 0 aliphatic rings. The molecule has 0 aliphatic heterocycles. The van der Waals surface area contributed by atoms with Gasteiger partial charge in [0.15, 0.2) is 0 Å². The van der Waals surface area contributed by atoms with Gasteiger partial charge in [0.1, 0.15) is 24.0 Å². The highest BCUT2D eigenvalue weighted by atomic mass is 35.5. The van der Waals surface area contributed by atoms with Gasteiger partial charge >= 0.3 is 5.97 Å². The maximum Gasteiger partial charge on any atom is 0.312 e. The number of esters is 1. The Hall–Kier alpha value is -2.44. The monoisotopic (exact) mass is 374 g/mol. The zero-order chi connectivity index (χ0) is 17.5. The second-order valence-corrected chi connectivity index (χ2v) is 6.38. The molecule has 2 aromatic heterocycles. The molecule has 0 fully saturated rings. The van der Waals surface area contributed by atoms with Crippen LogP contribution in [0.2, 0.25) is 5.02 Å². The van der Waals surface area contributed by atoms with Gasteiger partial charge in [-0.15, -0.1) is 11.3 Å². The summed E-state index contributed by atoms with van der Waals surface area (Å²) in [5.41, 5.74) is 1.62. The minimum Gasteiger partial charge on any atom is -0.490 e. The van der Waals surface area contributed by atoms with E-state index in [1.54, 1.807) is 36.7 Å². The van der Waals surface area contributed by atoms with E-state index in [9.17, 15) is 4.79 Å². The molecule has 7 heteroatoms. The quantitative estimate of drug-likeness (QED) is 0.461. The maximum atomic E-state index is 11.9. The lowest BCUT2D eigenvalue weighted by Gasteiger charge is -2.07. The van der Waals surface area contributed by atoms with Crippen LogP contribution in [-0.4, -0.2) is 29.2 Å². The molecular formula is C18H15ClN2O3S. The van der Waals surface area contributed by atoms with Crippen LogP contribution in [0.25, 0.3) is 10.6 Å². The molecular weight excluding hydrogens is 360 g/mol. The van der Waals surface area contributed by atoms with Gasteiger partial charge in [-0.05, 0) is 36.4 Å². The third-order valence-corrected chi connectivity index (χ3v) is 4.41. The van der Waals surface area contributed by atoms with Crippen LogP contribution < -0.4 is 4.74 Å². The van der Waals surface area contributed by atoms with E-state index in [0.717, 1.165) is 10.6 Å². The summed E-state index contributed by atoms with van der Waals surface area (Å²) < 4.78 is 10.6. The fraction of sp³-hybridized carbons (Fsp3) is 0.167. The summed E-state index contributed by atoms with van der Waals surface area (Å²) >= 11 is 7.28. The summed E-state index contributed by atoms with van der Waals surface area (Å²) in [5, 5.41) is 3.34. The smallest absolute Gasteiger partial charge is 0.312 e. The SMILES string of the molecule is O=C(Cc1csc(-c2cccnc2)n1)OCCOc1ccc(Cl)cc1. The minimum absolute atomic E-state index is 0.137. The molecule has 0 N–H and O–H groups in total. The Morgan fingerprint density at radius 1 is 1.16 bits per heavy atom. The van der Waals surface area contributed by atoms with Crippen molar-refractivity contribution in [2.75, 3.05) is 13.2 Å². The number of ether oxygens (including phenoxy) is 2. The van der Waals surface area contributed by atoms with Gasteiger partial charge in [-0.25, -0.2) is 4.98 Å². The number of aromatic nitrogens is 2. The molecule has 0 atom stereocenters. The van der Waals surface area contributed by atoms with Crippen LogP contribution in [0.15, 0.2) is 54.2 Å². The van der Waals surface area contributed by atoms with Crippen molar-refractivity contribution in [2.24, 2.45) is 0 Å². The lowest BCUT2D eigenvalue weighted by molar-refractivity contribution is -0.143. The van der Waals surface area contributed by atoms with Crippen molar-refractivity contribution in [3.05, 3.63) is 64.9 Å². The van der Waals surface area contributed by atoms with E-state index in [2.05, 4.69) is 9.97 Å². The summed E-state index contributed by atoms with van der Waals surface area (Å²) in [5.74, 6) is 0.351. The third kappa shape index (κ3) is 5.27. The highest BCUT2D eigenvalue weighted by Gasteiger charge is 2.10. The molecule has 0 radical (unpaired) electrons. The Labute approximate surface area is 154 Å². The van der Waals surface area contributed by atoms with Crippen molar-refractivity contribution in [2.45, 2.75) is 6.42 Å². The third-order valence-electron chi connectivity index (χ3n) is 3.21. The second-order valence-electron chi connectivity index (χ2n) is 5.09. The number of rotatable bonds is 7. The fourth-order valence-corrected chi connectivity index (χ4v) is 2.99. The molecule has 0 bridgehead atoms. The first kappa shape index (κ1) is 17.4. The van der Waals surface area contributed by atoms with Crippen molar-refractivity contribution in [3.63, 3.8) is 0 Å². The average molecular weight is 375 g/mol. The highest BCUT2D eigenvalue weighted by molar-refractivity contribution is 7.13. The van der Waals surface area contributed by atoms with Crippen LogP contribution in [0.4, 0.5) is 0 Å². The number of hydrogen-bond donors (Lipinski definition) is 0. The summed E-state index contributed by atoms with van der Waals surface area (Å²) in [4.78, 5) is 20.4. The summed E-state index contributed by atoms with van der Waals surface area (Å²) in [6.45, 7) is 0.465. The lowest BCUT2D eigenvalue weighted by atomic mass is 10.3. The van der Waals surface area contributed by atoms with Gasteiger partial charge in [0.25, 0.3) is 0 Å². The highest BCUT2D eigenvalue weighted by Crippen LogP contribution is 2.22. The van der Waals surface area contributed by atoms with Crippen molar-refractivity contribution < 1.29 is 14.3 Å². The first-order valence-corrected chi connectivity index (χ1v) is 8.85. The number of pyridine rings is 1. The minimum atomic E-state index is -0.331. The predicted octanol–water partition coefficient (Wildman–Crippen LogP) is 4.02. The van der Waals surface area contributed by atoms with Crippen molar-refractivity contribution in [3.8, 4) is 16.3 Å². The lowest BCUT2D eigenvalue weighted by Crippen LogP contribution is -2.14. The van der Waals surface area contributed by atoms with Crippen molar-refractivity contribution in [1.82, 2.24) is 9.97 Å². The van der Waals surface area contributed by atoms with Gasteiger partial charge in [-0.1, -0.05) is 11.6 Å². The van der Waals surface area contributed by atoms with Gasteiger partial charge in [0.05, 0.1) is 12.1 Å². The van der Waals surface area contributed by atoms with Crippen molar-refractivity contribution >= 4 is 28.9 Å². The second kappa shape index (κ2) is 8.60. The van der Waals surface area contributed by atoms with E-state index in [1.807, 2.05) is 17.5 Å². The van der Waals surface area contributed by atoms with E-state index >= 15 is 0 Å². The van der Waals surface area contributed by atoms with Gasteiger partial charge in [-0.2, -0.15) is 0 Å². The number of thiazole rings is 1. The van der Waals surface area contributed by atoms with Crippen molar-refractivity contribution in [1.29, 1.82) is 0 Å². The summed E-state index contributed by atoms with van der Waals surface area (Å²) in [6.07, 6.45) is 3.59. The molecule has 5 nitrogen and oxygen atoms in total. The molecule has 0 saturated carbocycles. The molecule has 0 spiro atoms. The Balaban J connectivity index is 1.42. The molecule has 0 aliphatic carbocycles. The molecule has 1 aromatic carbocycles. The number of carbonyl (C=O) groups excluding carboxylic acids is 1. The van der Waals surface area contributed by atoms with E-state index < -0.39 is 0 Å². The molecule has 0 unspecified atom stereocenters. The largest absolute Gasteiger partial charge is 0.490 e. The number of carbonyl (C=O) groups is 1. The van der Waals surface area contributed by atoms with E-state index in [1.165, 1.54) is 11.3 Å². The fourth-order valence-electron chi connectivity index (χ4n) is 2.05. The summed E-state index contributed by atoms with van der Waals surface area (Å²) in [6, 6.07) is 10.8. The first-order chi connectivity index (χ1) is 12.2. The van der Waals surface area contributed by atoms with Crippen LogP contribution in [0.1, 0.15) is 5.69 Å². The average Bonchev–Trinajstić information content (AvgIpc) is 3.09. The maximum absolute atomic E-state index is 11.9. The van der Waals surface area contributed by atoms with Crippen LogP contribution in [-0.2, 0) is 16.0 Å². The molecule has 25 heavy (non-hydrogen) atoms. The Kier molecular flexibility index (Phi) is 5.98. The van der Waals surface area contributed by atoms with Gasteiger partial charge < -0.3 is 9.47 Å². The van der Waals surface area contributed by atoms with Crippen LogP contribution in [0, 0.1) is 0 Å². The number of halogens is 1. The molecule has 0 saturated heterocycles. The normalized spacial score (nSPS) is 10.4. The summed E-state index contributed by atoms with van der Waals surface area (Å²) in [7, 11) is 0.